The second kappa shape index (κ2) is 7.08. The van der Waals surface area contributed by atoms with Crippen molar-refractivity contribution in [2.45, 2.75) is 33.1 Å². The maximum atomic E-state index is 11.8. The molecule has 4 heteroatoms. The normalized spacial score (nSPS) is 22.2. The van der Waals surface area contributed by atoms with Gasteiger partial charge in [-0.25, -0.2) is 5.43 Å². The number of hydrazone groups is 1. The molecule has 0 spiro atoms. The molecule has 1 aromatic carbocycles. The van der Waals surface area contributed by atoms with Crippen LogP contribution < -0.4 is 10.7 Å². The number of carbonyl (C=O) groups excluding carboxylic acids is 1. The topological polar surface area (TPSA) is 53.5 Å². The number of nitrogens with one attached hydrogen (secondary N) is 2. The van der Waals surface area contributed by atoms with Crippen molar-refractivity contribution in [3.05, 3.63) is 30.3 Å². The molecule has 0 saturated heterocycles. The van der Waals surface area contributed by atoms with Crippen molar-refractivity contribution in [2.24, 2.45) is 16.9 Å². The second-order valence-corrected chi connectivity index (χ2v) is 5.52. The average molecular weight is 273 g/mol. The quantitative estimate of drug-likeness (QED) is 0.828. The third kappa shape index (κ3) is 4.08. The van der Waals surface area contributed by atoms with Gasteiger partial charge in [-0.3, -0.25) is 4.79 Å². The van der Waals surface area contributed by atoms with Crippen molar-refractivity contribution in [3.63, 3.8) is 0 Å². The van der Waals surface area contributed by atoms with Crippen LogP contribution in [0.3, 0.4) is 0 Å². The van der Waals surface area contributed by atoms with Crippen LogP contribution >= 0.6 is 0 Å². The third-order valence-corrected chi connectivity index (χ3v) is 3.82. The Kier molecular flexibility index (Phi) is 5.16. The molecule has 0 unspecified atom stereocenters. The molecule has 1 saturated carbocycles. The molecule has 2 N–H and O–H groups in total. The van der Waals surface area contributed by atoms with Gasteiger partial charge in [-0.15, -0.1) is 0 Å². The first-order valence-electron chi connectivity index (χ1n) is 7.32. The first kappa shape index (κ1) is 14.6. The van der Waals surface area contributed by atoms with Gasteiger partial charge in [-0.1, -0.05) is 38.5 Å². The zero-order valence-corrected chi connectivity index (χ0v) is 12.2. The lowest BCUT2D eigenvalue weighted by atomic mass is 9.81. The number of nitrogens with zero attached hydrogens (tertiary/aromatic N) is 1. The Bertz CT molecular complexity index is 458. The van der Waals surface area contributed by atoms with Crippen LogP contribution in [-0.2, 0) is 4.79 Å². The van der Waals surface area contributed by atoms with Gasteiger partial charge in [0.15, 0.2) is 0 Å². The van der Waals surface area contributed by atoms with E-state index in [2.05, 4.69) is 29.7 Å². The van der Waals surface area contributed by atoms with Crippen molar-refractivity contribution in [1.29, 1.82) is 0 Å². The standard InChI is InChI=1S/C16H23N3O/c1-12-7-6-8-13(2)16(12)19-18-15(20)11-17-14-9-4-3-5-10-14/h3-5,9-10,12-13,17H,6-8,11H2,1-2H3,(H,18,20)/t12-,13-/m0/s1. The number of para-hydroxylation sites is 1. The molecule has 20 heavy (non-hydrogen) atoms. The first-order chi connectivity index (χ1) is 9.66. The number of hydrogen-bond acceptors (Lipinski definition) is 3. The number of hydrogen-bond donors (Lipinski definition) is 2. The summed E-state index contributed by atoms with van der Waals surface area (Å²) in [4.78, 5) is 11.8. The van der Waals surface area contributed by atoms with Gasteiger partial charge >= 0.3 is 0 Å². The predicted molar refractivity (Wildman–Crippen MR) is 82.7 cm³/mol. The Hall–Kier alpha value is -1.84. The number of rotatable bonds is 4. The zero-order valence-electron chi connectivity index (χ0n) is 12.2. The van der Waals surface area contributed by atoms with Gasteiger partial charge in [0.25, 0.3) is 5.91 Å². The van der Waals surface area contributed by atoms with E-state index < -0.39 is 0 Å². The van der Waals surface area contributed by atoms with Crippen molar-refractivity contribution in [3.8, 4) is 0 Å². The van der Waals surface area contributed by atoms with Crippen LogP contribution in [0.4, 0.5) is 5.69 Å². The molecule has 0 aromatic heterocycles. The largest absolute Gasteiger partial charge is 0.376 e. The van der Waals surface area contributed by atoms with Crippen LogP contribution in [0.2, 0.25) is 0 Å². The maximum Gasteiger partial charge on any atom is 0.259 e. The van der Waals surface area contributed by atoms with Crippen LogP contribution in [-0.4, -0.2) is 18.2 Å². The van der Waals surface area contributed by atoms with Crippen LogP contribution in [0, 0.1) is 11.8 Å². The highest BCUT2D eigenvalue weighted by Gasteiger charge is 2.22. The maximum absolute atomic E-state index is 11.8. The lowest BCUT2D eigenvalue weighted by molar-refractivity contribution is -0.119. The summed E-state index contributed by atoms with van der Waals surface area (Å²) in [5.41, 5.74) is 4.74. The molecule has 1 amide bonds. The van der Waals surface area contributed by atoms with Crippen LogP contribution in [0.1, 0.15) is 33.1 Å². The molecule has 0 radical (unpaired) electrons. The Balaban J connectivity index is 1.82. The minimum atomic E-state index is -0.105. The predicted octanol–water partition coefficient (Wildman–Crippen LogP) is 3.03. The van der Waals surface area contributed by atoms with E-state index in [0.717, 1.165) is 11.4 Å². The van der Waals surface area contributed by atoms with Crippen LogP contribution in [0.25, 0.3) is 0 Å². The molecule has 1 fully saturated rings. The lowest BCUT2D eigenvalue weighted by Crippen LogP contribution is -2.31. The minimum absolute atomic E-state index is 0.105. The monoisotopic (exact) mass is 273 g/mol. The summed E-state index contributed by atoms with van der Waals surface area (Å²) in [5.74, 6) is 0.841. The van der Waals surface area contributed by atoms with Gasteiger partial charge in [0.2, 0.25) is 0 Å². The number of anilines is 1. The highest BCUT2D eigenvalue weighted by atomic mass is 16.2. The molecule has 4 nitrogen and oxygen atoms in total. The molecule has 2 atom stereocenters. The van der Waals surface area contributed by atoms with Crippen molar-refractivity contribution in [1.82, 2.24) is 5.43 Å². The summed E-state index contributed by atoms with van der Waals surface area (Å²) in [6.07, 6.45) is 3.59. The lowest BCUT2D eigenvalue weighted by Gasteiger charge is -2.26. The van der Waals surface area contributed by atoms with E-state index in [4.69, 9.17) is 0 Å². The van der Waals surface area contributed by atoms with Crippen LogP contribution in [0.15, 0.2) is 35.4 Å². The third-order valence-electron chi connectivity index (χ3n) is 3.82. The molecule has 1 aliphatic rings. The van der Waals surface area contributed by atoms with Gasteiger partial charge in [-0.05, 0) is 36.8 Å². The number of carbonyl (C=O) groups is 1. The van der Waals surface area contributed by atoms with Gasteiger partial charge < -0.3 is 5.32 Å². The van der Waals surface area contributed by atoms with Crippen molar-refractivity contribution < 1.29 is 4.79 Å². The smallest absolute Gasteiger partial charge is 0.259 e. The molecular weight excluding hydrogens is 250 g/mol. The van der Waals surface area contributed by atoms with Gasteiger partial charge in [0.1, 0.15) is 0 Å². The minimum Gasteiger partial charge on any atom is -0.376 e. The van der Waals surface area contributed by atoms with E-state index >= 15 is 0 Å². The van der Waals surface area contributed by atoms with Gasteiger partial charge in [0.05, 0.1) is 6.54 Å². The Morgan fingerprint density at radius 2 is 1.85 bits per heavy atom. The van der Waals surface area contributed by atoms with E-state index in [1.165, 1.54) is 19.3 Å². The molecular formula is C16H23N3O. The highest BCUT2D eigenvalue weighted by molar-refractivity contribution is 5.90. The molecule has 1 aliphatic carbocycles. The van der Waals surface area contributed by atoms with E-state index in [0.29, 0.717) is 11.8 Å². The van der Waals surface area contributed by atoms with Gasteiger partial charge in [0, 0.05) is 11.4 Å². The molecule has 0 heterocycles. The number of benzene rings is 1. The second-order valence-electron chi connectivity index (χ2n) is 5.52. The fraction of sp³-hybridized carbons (Fsp3) is 0.500. The molecule has 0 bridgehead atoms. The Labute approximate surface area is 120 Å². The fourth-order valence-electron chi connectivity index (χ4n) is 2.64. The molecule has 108 valence electrons. The summed E-state index contributed by atoms with van der Waals surface area (Å²) in [6, 6.07) is 9.69. The fourth-order valence-corrected chi connectivity index (χ4v) is 2.64. The Morgan fingerprint density at radius 3 is 2.50 bits per heavy atom. The van der Waals surface area contributed by atoms with E-state index in [9.17, 15) is 4.79 Å². The Morgan fingerprint density at radius 1 is 1.20 bits per heavy atom. The summed E-state index contributed by atoms with van der Waals surface area (Å²) < 4.78 is 0. The van der Waals surface area contributed by atoms with Gasteiger partial charge in [-0.2, -0.15) is 5.10 Å². The molecule has 0 aliphatic heterocycles. The van der Waals surface area contributed by atoms with Crippen molar-refractivity contribution >= 4 is 17.3 Å². The summed E-state index contributed by atoms with van der Waals surface area (Å²) in [5, 5.41) is 7.41. The van der Waals surface area contributed by atoms with Crippen LogP contribution in [0.5, 0.6) is 0 Å². The van der Waals surface area contributed by atoms with E-state index in [-0.39, 0.29) is 12.5 Å². The first-order valence-corrected chi connectivity index (χ1v) is 7.32. The highest BCUT2D eigenvalue weighted by Crippen LogP contribution is 2.25. The summed E-state index contributed by atoms with van der Waals surface area (Å²) >= 11 is 0. The molecule has 1 aromatic rings. The summed E-state index contributed by atoms with van der Waals surface area (Å²) in [7, 11) is 0. The SMILES string of the molecule is C[C@H]1CCC[C@H](C)C1=NNC(=O)CNc1ccccc1. The average Bonchev–Trinajstić information content (AvgIpc) is 2.46. The number of amides is 1. The van der Waals surface area contributed by atoms with Crippen molar-refractivity contribution in [2.75, 3.05) is 11.9 Å². The zero-order chi connectivity index (χ0) is 14.4. The van der Waals surface area contributed by atoms with E-state index in [1.807, 2.05) is 30.3 Å². The van der Waals surface area contributed by atoms with E-state index in [1.54, 1.807) is 0 Å². The molecule has 2 rings (SSSR count). The summed E-state index contributed by atoms with van der Waals surface area (Å²) in [6.45, 7) is 4.61.